The number of halogens is 1. The number of hydrogen-bond acceptors (Lipinski definition) is 6. The van der Waals surface area contributed by atoms with Gasteiger partial charge in [0.1, 0.15) is 18.8 Å². The Bertz CT molecular complexity index is 1390. The van der Waals surface area contributed by atoms with E-state index in [0.29, 0.717) is 11.3 Å². The van der Waals surface area contributed by atoms with Crippen LogP contribution in [-0.4, -0.2) is 39.5 Å². The number of guanidine groups is 1. The van der Waals surface area contributed by atoms with Crippen molar-refractivity contribution in [1.29, 1.82) is 1.45 Å². The number of nitrogens with one attached hydrogen (secondary N) is 2. The molecule has 11 nitrogen and oxygen atoms in total. The number of carbonyl (C=O) groups excluding carboxylic acids is 1. The summed E-state index contributed by atoms with van der Waals surface area (Å²) < 4.78 is 42.0. The number of oxime groups is 1. The largest absolute Gasteiger partial charge is 0.391 e. The van der Waals surface area contributed by atoms with Gasteiger partial charge in [0.15, 0.2) is 0 Å². The van der Waals surface area contributed by atoms with Gasteiger partial charge in [0, 0.05) is 5.69 Å². The lowest BCUT2D eigenvalue weighted by Crippen LogP contribution is -2.36. The van der Waals surface area contributed by atoms with Crippen molar-refractivity contribution in [2.24, 2.45) is 16.6 Å². The fourth-order valence-corrected chi connectivity index (χ4v) is 4.43. The number of nitrogens with two attached hydrogens (primary N) is 2. The van der Waals surface area contributed by atoms with Crippen molar-refractivity contribution in [2.45, 2.75) is 26.6 Å². The van der Waals surface area contributed by atoms with Gasteiger partial charge in [0.25, 0.3) is 7.01 Å². The van der Waals surface area contributed by atoms with E-state index in [-0.39, 0.29) is 44.5 Å². The smallest absolute Gasteiger partial charge is 0.275 e. The van der Waals surface area contributed by atoms with Crippen LogP contribution in [0, 0.1) is 6.92 Å². The molecular weight excluding hydrogens is 491 g/mol. The summed E-state index contributed by atoms with van der Waals surface area (Å²) in [6.45, 7) is 1.49. The molecule has 0 atom stereocenters. The number of carbonyl (C=O) groups is 1. The first-order valence-corrected chi connectivity index (χ1v) is 12.0. The minimum absolute atomic E-state index is 0. The van der Waals surface area contributed by atoms with E-state index >= 15 is 0 Å². The first-order chi connectivity index (χ1) is 17.1. The van der Waals surface area contributed by atoms with Crippen LogP contribution in [0.25, 0.3) is 10.8 Å². The minimum Gasteiger partial charge on any atom is -0.391 e. The zero-order valence-corrected chi connectivity index (χ0v) is 19.7. The Hall–Kier alpha value is -4.13. The van der Waals surface area contributed by atoms with Crippen LogP contribution in [0.4, 0.5) is 10.4 Å². The van der Waals surface area contributed by atoms with E-state index in [1.807, 2.05) is 30.3 Å². The monoisotopic (exact) mass is 524 g/mol. The van der Waals surface area contributed by atoms with Crippen molar-refractivity contribution < 1.29 is 22.8 Å². The molecule has 0 aliphatic rings. The molecular formula is C23H31FN6O5S. The van der Waals surface area contributed by atoms with Crippen LogP contribution >= 0.6 is 0 Å². The molecule has 13 heteroatoms. The number of aromatic nitrogens is 1. The molecule has 1 heterocycles. The average Bonchev–Trinajstić information content (AvgIpc) is 2.84. The van der Waals surface area contributed by atoms with E-state index in [4.69, 9.17) is 21.0 Å². The summed E-state index contributed by atoms with van der Waals surface area (Å²) in [5, 5.41) is 7.80. The molecule has 36 heavy (non-hydrogen) atoms. The molecule has 0 saturated heterocycles. The van der Waals surface area contributed by atoms with Gasteiger partial charge in [0.2, 0.25) is 21.9 Å². The summed E-state index contributed by atoms with van der Waals surface area (Å²) in [5.41, 5.74) is 10.5. The van der Waals surface area contributed by atoms with Gasteiger partial charge < -0.3 is 26.2 Å². The van der Waals surface area contributed by atoms with E-state index in [9.17, 15) is 18.0 Å². The summed E-state index contributed by atoms with van der Waals surface area (Å²) in [6, 6.07) is 15.9. The number of sulfonamides is 1. The number of anilines is 1. The molecule has 196 valence electrons. The molecule has 3 rings (SSSR count). The lowest BCUT2D eigenvalue weighted by molar-refractivity contribution is -0.122. The average molecular weight is 525 g/mol. The number of aryl methyl sites for hydroxylation is 1. The third kappa shape index (κ3) is 8.27. The molecule has 3 aromatic rings. The van der Waals surface area contributed by atoms with E-state index in [1.54, 1.807) is 25.1 Å². The van der Waals surface area contributed by atoms with Crippen LogP contribution in [-0.2, 0) is 32.0 Å². The zero-order valence-electron chi connectivity index (χ0n) is 19.9. The van der Waals surface area contributed by atoms with Crippen LogP contribution in [0.1, 0.15) is 18.7 Å². The van der Waals surface area contributed by atoms with Crippen molar-refractivity contribution in [3.63, 3.8) is 0 Å². The standard InChI is InChI=1S/C22H26N6O5S.CH4.FH/c1-15-6-9-19(21(30)28(15)13-20(29)25-10-11-33-26-22(23)24)27-34(31,32)14-16-7-8-17-4-2-3-5-18(17)12-16;;/h2-9,12,27H,10-11,13-14H2,1H3,(H,25,29)(H4,23,24,26);1H4;1H/i/hT. The Morgan fingerprint density at radius 2 is 1.83 bits per heavy atom. The quantitative estimate of drug-likeness (QED) is 0.134. The third-order valence-electron chi connectivity index (χ3n) is 4.82. The van der Waals surface area contributed by atoms with E-state index < -0.39 is 21.5 Å². The Balaban J connectivity index is 0.00000223. The van der Waals surface area contributed by atoms with Gasteiger partial charge in [-0.25, -0.2) is 8.42 Å². The van der Waals surface area contributed by atoms with Gasteiger partial charge >= 0.3 is 0 Å². The molecule has 1 aromatic heterocycles. The summed E-state index contributed by atoms with van der Waals surface area (Å²) in [6.07, 6.45) is 0. The Kier molecular flexibility index (Phi) is 10.2. The normalized spacial score (nSPS) is 10.7. The molecule has 2 aromatic carbocycles. The molecule has 0 saturated carbocycles. The van der Waals surface area contributed by atoms with Crippen LogP contribution in [0.2, 0.25) is 0 Å². The second kappa shape index (κ2) is 13.1. The predicted molar refractivity (Wildman–Crippen MR) is 140 cm³/mol. The fourth-order valence-electron chi connectivity index (χ4n) is 3.25. The number of pyridine rings is 1. The zero-order chi connectivity index (χ0) is 26.7. The summed E-state index contributed by atoms with van der Waals surface area (Å²) in [5.74, 6) is -1.01. The maximum absolute atomic E-state index is 12.9. The molecule has 0 bridgehead atoms. The van der Waals surface area contributed by atoms with E-state index in [0.717, 1.165) is 10.8 Å². The molecule has 0 radical (unpaired) electrons. The fraction of sp³-hybridized carbons (Fsp3) is 0.261. The van der Waals surface area contributed by atoms with Crippen molar-refractivity contribution in [2.75, 3.05) is 17.9 Å². The van der Waals surface area contributed by atoms with Gasteiger partial charge in [-0.15, -0.1) is 0 Å². The molecule has 0 aliphatic carbocycles. The molecule has 0 spiro atoms. The van der Waals surface area contributed by atoms with Gasteiger partial charge in [-0.1, -0.05) is 49.9 Å². The summed E-state index contributed by atoms with van der Waals surface area (Å²) >= 11 is 0. The van der Waals surface area contributed by atoms with Crippen molar-refractivity contribution in [3.8, 4) is 0 Å². The van der Waals surface area contributed by atoms with Crippen molar-refractivity contribution in [3.05, 3.63) is 76.2 Å². The van der Waals surface area contributed by atoms with Crippen LogP contribution in [0.5, 0.6) is 0 Å². The maximum Gasteiger partial charge on any atom is 0.275 e. The Labute approximate surface area is 210 Å². The van der Waals surface area contributed by atoms with Crippen LogP contribution in [0.15, 0.2) is 64.5 Å². The molecule has 1 amide bonds. The second-order valence-electron chi connectivity index (χ2n) is 7.52. The molecule has 0 aliphatic heterocycles. The summed E-state index contributed by atoms with van der Waals surface area (Å²) in [4.78, 5) is 29.8. The number of benzene rings is 2. The lowest BCUT2D eigenvalue weighted by atomic mass is 10.1. The second-order valence-corrected chi connectivity index (χ2v) is 9.24. The van der Waals surface area contributed by atoms with Crippen LogP contribution < -0.4 is 27.1 Å². The minimum atomic E-state index is -3.88. The number of rotatable bonds is 10. The first kappa shape index (κ1) is 28.1. The van der Waals surface area contributed by atoms with E-state index in [2.05, 4.69) is 16.6 Å². The SMILES string of the molecule is C.Cc1ccc(NS(=O)(=O)Cc2ccc3ccccc3c2)c(=O)n1CC(=O)NCCON=C(N)N.[3H]F. The van der Waals surface area contributed by atoms with Gasteiger partial charge in [-0.05, 0) is 40.5 Å². The Morgan fingerprint density at radius 3 is 2.53 bits per heavy atom. The summed E-state index contributed by atoms with van der Waals surface area (Å²) in [7, 11) is -3.88. The number of nitrogens with zero attached hydrogens (tertiary/aromatic N) is 2. The molecule has 6 N–H and O–H groups in total. The number of fused-ring (bicyclic) bond motifs is 1. The van der Waals surface area contributed by atoms with Crippen molar-refractivity contribution >= 4 is 38.3 Å². The number of hydrogen-bond donors (Lipinski definition) is 4. The lowest BCUT2D eigenvalue weighted by Gasteiger charge is -2.13. The van der Waals surface area contributed by atoms with Crippen LogP contribution in [0.3, 0.4) is 0 Å². The van der Waals surface area contributed by atoms with Gasteiger partial charge in [0.05, 0.1) is 12.3 Å². The predicted octanol–water partition coefficient (Wildman–Crippen LogP) is 1.36. The van der Waals surface area contributed by atoms with Crippen molar-refractivity contribution in [1.82, 2.24) is 9.88 Å². The van der Waals surface area contributed by atoms with E-state index in [1.165, 1.54) is 10.6 Å². The molecule has 0 unspecified atom stereocenters. The highest BCUT2D eigenvalue weighted by Gasteiger charge is 2.17. The highest BCUT2D eigenvalue weighted by Crippen LogP contribution is 2.18. The Morgan fingerprint density at radius 1 is 1.14 bits per heavy atom. The molecule has 0 fully saturated rings. The maximum atomic E-state index is 12.9. The highest BCUT2D eigenvalue weighted by molar-refractivity contribution is 7.91. The third-order valence-corrected chi connectivity index (χ3v) is 6.06. The first-order valence-electron chi connectivity index (χ1n) is 10.7. The number of amides is 1. The topological polar surface area (TPSA) is 171 Å². The highest BCUT2D eigenvalue weighted by atomic mass is 32.2. The van der Waals surface area contributed by atoms with Gasteiger partial charge in [-0.3, -0.25) is 19.0 Å². The van der Waals surface area contributed by atoms with Gasteiger partial charge in [-0.2, -0.15) is 0 Å².